The van der Waals surface area contributed by atoms with Crippen LogP contribution in [0.4, 0.5) is 0 Å². The second kappa shape index (κ2) is 8.73. The van der Waals surface area contributed by atoms with Crippen LogP contribution in [0, 0.1) is 0 Å². The maximum absolute atomic E-state index is 12.8. The summed E-state index contributed by atoms with van der Waals surface area (Å²) in [4.78, 5) is 62.1. The number of piperidine rings is 1. The summed E-state index contributed by atoms with van der Waals surface area (Å²) < 4.78 is 0. The number of carbonyl (C=O) groups excluding carboxylic acids is 4. The molecule has 2 heterocycles. The van der Waals surface area contributed by atoms with Gasteiger partial charge in [-0.1, -0.05) is 12.1 Å². The highest BCUT2D eigenvalue weighted by Crippen LogP contribution is 2.28. The lowest BCUT2D eigenvalue weighted by molar-refractivity contribution is -0.139. The number of rotatable bonds is 6. The van der Waals surface area contributed by atoms with Gasteiger partial charge in [-0.25, -0.2) is 4.79 Å². The van der Waals surface area contributed by atoms with Gasteiger partial charge in [0, 0.05) is 30.5 Å². The van der Waals surface area contributed by atoms with Crippen molar-refractivity contribution in [2.24, 2.45) is 0 Å². The molecule has 4 rings (SSSR count). The quantitative estimate of drug-likeness (QED) is 0.469. The third-order valence-corrected chi connectivity index (χ3v) is 5.77. The van der Waals surface area contributed by atoms with E-state index in [-0.39, 0.29) is 48.9 Å². The van der Waals surface area contributed by atoms with Crippen LogP contribution >= 0.6 is 0 Å². The summed E-state index contributed by atoms with van der Waals surface area (Å²) in [5.74, 6) is -3.04. The van der Waals surface area contributed by atoms with Gasteiger partial charge in [-0.2, -0.15) is 0 Å². The van der Waals surface area contributed by atoms with E-state index in [9.17, 15) is 34.2 Å². The molecule has 10 heteroatoms. The van der Waals surface area contributed by atoms with Gasteiger partial charge < -0.3 is 20.4 Å². The third kappa shape index (κ3) is 4.54. The van der Waals surface area contributed by atoms with Gasteiger partial charge in [-0.15, -0.1) is 0 Å². The number of hydrogen-bond donors (Lipinski definition) is 4. The number of fused-ring (bicyclic) bond motifs is 1. The van der Waals surface area contributed by atoms with Gasteiger partial charge in [0.15, 0.2) is 0 Å². The molecule has 0 aliphatic carbocycles. The molecule has 0 saturated carbocycles. The van der Waals surface area contributed by atoms with E-state index in [2.05, 4.69) is 10.6 Å². The standard InChI is InChI=1S/C23H21N3O7/c27-15-4-1-12(2-5-15)9-17(23(32)33)24-20(29)13-3-6-16-14(10-13)11-26(22(16)31)18-7-8-19(28)25-21(18)30/h1-6,10,17-18,27H,7-9,11H2,(H,24,29)(H,32,33)(H,25,28,30)/t17-,18?/m0/s1. The van der Waals surface area contributed by atoms with Crippen molar-refractivity contribution in [3.8, 4) is 5.75 Å². The lowest BCUT2D eigenvalue weighted by Crippen LogP contribution is -2.52. The monoisotopic (exact) mass is 451 g/mol. The average molecular weight is 451 g/mol. The van der Waals surface area contributed by atoms with E-state index in [1.54, 1.807) is 12.1 Å². The zero-order valence-electron chi connectivity index (χ0n) is 17.4. The van der Waals surface area contributed by atoms with E-state index in [1.807, 2.05) is 0 Å². The number of nitrogens with zero attached hydrogens (tertiary/aromatic N) is 1. The first-order chi connectivity index (χ1) is 15.7. The normalized spacial score (nSPS) is 18.5. The molecule has 170 valence electrons. The van der Waals surface area contributed by atoms with E-state index in [1.165, 1.54) is 35.2 Å². The Morgan fingerprint density at radius 3 is 2.52 bits per heavy atom. The maximum atomic E-state index is 12.8. The number of benzene rings is 2. The Morgan fingerprint density at radius 2 is 1.85 bits per heavy atom. The lowest BCUT2D eigenvalue weighted by atomic mass is 10.0. The molecule has 33 heavy (non-hydrogen) atoms. The van der Waals surface area contributed by atoms with E-state index in [0.29, 0.717) is 16.7 Å². The van der Waals surface area contributed by atoms with Crippen molar-refractivity contribution in [1.82, 2.24) is 15.5 Å². The molecule has 2 aromatic rings. The van der Waals surface area contributed by atoms with Crippen LogP contribution in [-0.2, 0) is 27.3 Å². The Balaban J connectivity index is 1.47. The molecular formula is C23H21N3O7. The Labute approximate surface area is 188 Å². The van der Waals surface area contributed by atoms with Crippen molar-refractivity contribution in [3.05, 3.63) is 64.7 Å². The van der Waals surface area contributed by atoms with Gasteiger partial charge >= 0.3 is 5.97 Å². The average Bonchev–Trinajstić information content (AvgIpc) is 3.10. The highest BCUT2D eigenvalue weighted by atomic mass is 16.4. The fraction of sp³-hybridized carbons (Fsp3) is 0.261. The van der Waals surface area contributed by atoms with E-state index in [4.69, 9.17) is 0 Å². The summed E-state index contributed by atoms with van der Waals surface area (Å²) in [6, 6.07) is 8.47. The van der Waals surface area contributed by atoms with Gasteiger partial charge in [-0.3, -0.25) is 24.5 Å². The number of phenolic OH excluding ortho intramolecular Hbond substituents is 1. The minimum Gasteiger partial charge on any atom is -0.508 e. The van der Waals surface area contributed by atoms with Crippen LogP contribution in [0.5, 0.6) is 5.75 Å². The largest absolute Gasteiger partial charge is 0.508 e. The van der Waals surface area contributed by atoms with Gasteiger partial charge in [0.25, 0.3) is 11.8 Å². The number of aromatic hydroxyl groups is 1. The number of carbonyl (C=O) groups is 5. The summed E-state index contributed by atoms with van der Waals surface area (Å²) in [7, 11) is 0. The predicted molar refractivity (Wildman–Crippen MR) is 113 cm³/mol. The van der Waals surface area contributed by atoms with Crippen LogP contribution in [-0.4, -0.2) is 56.8 Å². The molecule has 1 unspecified atom stereocenters. The van der Waals surface area contributed by atoms with Crippen LogP contribution < -0.4 is 10.6 Å². The topological polar surface area (TPSA) is 153 Å². The second-order valence-electron chi connectivity index (χ2n) is 8.01. The fourth-order valence-corrected chi connectivity index (χ4v) is 4.03. The van der Waals surface area contributed by atoms with Crippen molar-refractivity contribution in [2.75, 3.05) is 0 Å². The number of carboxylic acids is 1. The molecule has 4 amide bonds. The van der Waals surface area contributed by atoms with E-state index in [0.717, 1.165) is 0 Å². The van der Waals surface area contributed by atoms with Gasteiger partial charge in [-0.05, 0) is 47.9 Å². The highest BCUT2D eigenvalue weighted by Gasteiger charge is 2.39. The number of carboxylic acid groups (broad SMARTS) is 1. The zero-order valence-corrected chi connectivity index (χ0v) is 17.4. The van der Waals surface area contributed by atoms with Gasteiger partial charge in [0.2, 0.25) is 11.8 Å². The molecule has 4 N–H and O–H groups in total. The molecule has 2 aliphatic rings. The summed E-state index contributed by atoms with van der Waals surface area (Å²) >= 11 is 0. The lowest BCUT2D eigenvalue weighted by Gasteiger charge is -2.29. The molecule has 10 nitrogen and oxygen atoms in total. The van der Waals surface area contributed by atoms with Crippen LogP contribution in [0.15, 0.2) is 42.5 Å². The fourth-order valence-electron chi connectivity index (χ4n) is 4.03. The van der Waals surface area contributed by atoms with Crippen LogP contribution in [0.3, 0.4) is 0 Å². The first-order valence-corrected chi connectivity index (χ1v) is 10.3. The van der Waals surface area contributed by atoms with E-state index >= 15 is 0 Å². The summed E-state index contributed by atoms with van der Waals surface area (Å²) in [5.41, 5.74) is 1.71. The first kappa shape index (κ1) is 22.0. The number of nitrogens with one attached hydrogen (secondary N) is 2. The van der Waals surface area contributed by atoms with Crippen molar-refractivity contribution < 1.29 is 34.2 Å². The minimum absolute atomic E-state index is 0.0219. The Morgan fingerprint density at radius 1 is 1.12 bits per heavy atom. The third-order valence-electron chi connectivity index (χ3n) is 5.77. The summed E-state index contributed by atoms with van der Waals surface area (Å²) in [5, 5.41) is 23.6. The second-order valence-corrected chi connectivity index (χ2v) is 8.01. The number of phenols is 1. The number of hydrogen-bond acceptors (Lipinski definition) is 6. The smallest absolute Gasteiger partial charge is 0.326 e. The SMILES string of the molecule is O=C1CCC(N2Cc3cc(C(=O)N[C@@H](Cc4ccc(O)cc4)C(=O)O)ccc3C2=O)C(=O)N1. The molecule has 2 aromatic carbocycles. The van der Waals surface area contributed by atoms with Gasteiger partial charge in [0.1, 0.15) is 17.8 Å². The van der Waals surface area contributed by atoms with Gasteiger partial charge in [0.05, 0.1) is 0 Å². The maximum Gasteiger partial charge on any atom is 0.326 e. The molecule has 0 radical (unpaired) electrons. The first-order valence-electron chi connectivity index (χ1n) is 10.3. The Bertz CT molecular complexity index is 1160. The van der Waals surface area contributed by atoms with Crippen molar-refractivity contribution in [3.63, 3.8) is 0 Å². The summed E-state index contributed by atoms with van der Waals surface area (Å²) in [6.07, 6.45) is 0.394. The number of aliphatic carboxylic acids is 1. The highest BCUT2D eigenvalue weighted by molar-refractivity contribution is 6.06. The van der Waals surface area contributed by atoms with Crippen LogP contribution in [0.25, 0.3) is 0 Å². The zero-order chi connectivity index (χ0) is 23.7. The molecule has 2 aliphatic heterocycles. The number of imide groups is 1. The van der Waals surface area contributed by atoms with Crippen LogP contribution in [0.2, 0.25) is 0 Å². The van der Waals surface area contributed by atoms with Crippen molar-refractivity contribution in [1.29, 1.82) is 0 Å². The van der Waals surface area contributed by atoms with Crippen molar-refractivity contribution >= 4 is 29.6 Å². The number of amides is 4. The Hall–Kier alpha value is -4.21. The minimum atomic E-state index is -1.21. The molecule has 0 bridgehead atoms. The molecule has 0 spiro atoms. The molecule has 1 saturated heterocycles. The summed E-state index contributed by atoms with van der Waals surface area (Å²) in [6.45, 7) is 0.109. The predicted octanol–water partition coefficient (Wildman–Crippen LogP) is 0.579. The molecule has 1 fully saturated rings. The van der Waals surface area contributed by atoms with Crippen molar-refractivity contribution in [2.45, 2.75) is 37.9 Å². The molecule has 2 atom stereocenters. The molecule has 0 aromatic heterocycles. The van der Waals surface area contributed by atoms with Crippen LogP contribution in [0.1, 0.15) is 44.7 Å². The Kier molecular flexibility index (Phi) is 5.82. The molecular weight excluding hydrogens is 430 g/mol. The van der Waals surface area contributed by atoms with E-state index < -0.39 is 29.9 Å².